The summed E-state index contributed by atoms with van der Waals surface area (Å²) in [6.07, 6.45) is 0. The maximum atomic E-state index is 12.2. The fraction of sp³-hybridized carbons (Fsp3) is 0.312. The molecule has 1 aromatic heterocycles. The van der Waals surface area contributed by atoms with Crippen molar-refractivity contribution >= 4 is 27.1 Å². The van der Waals surface area contributed by atoms with Crippen LogP contribution in [0.15, 0.2) is 57.7 Å². The highest BCUT2D eigenvalue weighted by molar-refractivity contribution is 7.91. The molecule has 2 rings (SSSR count). The minimum absolute atomic E-state index is 0.0282. The van der Waals surface area contributed by atoms with Gasteiger partial charge in [-0.05, 0) is 30.5 Å². The Morgan fingerprint density at radius 2 is 1.91 bits per heavy atom. The topological polar surface area (TPSA) is 70.6 Å². The van der Waals surface area contributed by atoms with E-state index in [2.05, 4.69) is 15.6 Å². The number of guanidine groups is 1. The van der Waals surface area contributed by atoms with Gasteiger partial charge in [-0.1, -0.05) is 24.3 Å². The van der Waals surface area contributed by atoms with E-state index in [1.165, 1.54) is 4.88 Å². The predicted octanol–water partition coefficient (Wildman–Crippen LogP) is 2.28. The molecule has 0 radical (unpaired) electrons. The fourth-order valence-electron chi connectivity index (χ4n) is 1.95. The van der Waals surface area contributed by atoms with Crippen LogP contribution in [0.2, 0.25) is 0 Å². The molecular formula is C16H21N3O2S2. The monoisotopic (exact) mass is 351 g/mol. The largest absolute Gasteiger partial charge is 0.357 e. The minimum Gasteiger partial charge on any atom is -0.357 e. The Bertz CT molecular complexity index is 711. The molecule has 2 N–H and O–H groups in total. The Morgan fingerprint density at radius 3 is 2.57 bits per heavy atom. The lowest BCUT2D eigenvalue weighted by atomic mass is 10.4. The summed E-state index contributed by atoms with van der Waals surface area (Å²) < 4.78 is 24.4. The summed E-state index contributed by atoms with van der Waals surface area (Å²) in [5.74, 6) is 0.657. The van der Waals surface area contributed by atoms with E-state index in [9.17, 15) is 8.42 Å². The van der Waals surface area contributed by atoms with Crippen LogP contribution in [-0.4, -0.2) is 33.2 Å². The highest BCUT2D eigenvalue weighted by atomic mass is 32.2. The second-order valence-corrected chi connectivity index (χ2v) is 7.97. The first-order valence-electron chi connectivity index (χ1n) is 7.44. The lowest BCUT2D eigenvalue weighted by molar-refractivity contribution is 0.594. The average molecular weight is 351 g/mol. The number of nitrogens with zero attached hydrogens (tertiary/aromatic N) is 1. The molecule has 0 saturated carbocycles. The van der Waals surface area contributed by atoms with Crippen LogP contribution in [0.1, 0.15) is 11.8 Å². The van der Waals surface area contributed by atoms with Crippen molar-refractivity contribution in [1.82, 2.24) is 10.6 Å². The molecule has 0 aliphatic heterocycles. The molecule has 0 aliphatic rings. The van der Waals surface area contributed by atoms with Crippen LogP contribution in [-0.2, 0) is 16.4 Å². The molecule has 1 aromatic carbocycles. The Morgan fingerprint density at radius 1 is 1.13 bits per heavy atom. The average Bonchev–Trinajstić information content (AvgIpc) is 3.07. The molecule has 0 fully saturated rings. The molecule has 5 nitrogen and oxygen atoms in total. The van der Waals surface area contributed by atoms with Crippen LogP contribution < -0.4 is 10.6 Å². The van der Waals surface area contributed by atoms with Gasteiger partial charge in [-0.2, -0.15) is 0 Å². The van der Waals surface area contributed by atoms with E-state index in [4.69, 9.17) is 0 Å². The number of hydrogen-bond donors (Lipinski definition) is 2. The first kappa shape index (κ1) is 17.5. The van der Waals surface area contributed by atoms with Gasteiger partial charge < -0.3 is 10.6 Å². The molecule has 0 bridgehead atoms. The van der Waals surface area contributed by atoms with Gasteiger partial charge in [-0.25, -0.2) is 13.4 Å². The van der Waals surface area contributed by atoms with Crippen LogP contribution in [0.25, 0.3) is 0 Å². The molecule has 0 unspecified atom stereocenters. The SMILES string of the molecule is CCNC(=NCc1cccs1)NCCS(=O)(=O)c1ccccc1. The van der Waals surface area contributed by atoms with Gasteiger partial charge in [0.2, 0.25) is 0 Å². The molecule has 0 amide bonds. The molecule has 7 heteroatoms. The molecule has 2 aromatic rings. The van der Waals surface area contributed by atoms with Crippen molar-refractivity contribution in [1.29, 1.82) is 0 Å². The number of benzene rings is 1. The third-order valence-electron chi connectivity index (χ3n) is 3.08. The fourth-order valence-corrected chi connectivity index (χ4v) is 3.76. The number of rotatable bonds is 7. The number of aliphatic imine (C=N–C) groups is 1. The van der Waals surface area contributed by atoms with Gasteiger partial charge in [-0.15, -0.1) is 11.3 Å². The van der Waals surface area contributed by atoms with Crippen molar-refractivity contribution in [3.8, 4) is 0 Å². The van der Waals surface area contributed by atoms with Crippen LogP contribution in [0, 0.1) is 0 Å². The van der Waals surface area contributed by atoms with Gasteiger partial charge in [0, 0.05) is 18.0 Å². The lowest BCUT2D eigenvalue weighted by Crippen LogP contribution is -2.39. The van der Waals surface area contributed by atoms with E-state index in [1.54, 1.807) is 41.7 Å². The molecule has 1 heterocycles. The van der Waals surface area contributed by atoms with Gasteiger partial charge in [-0.3, -0.25) is 0 Å². The Kier molecular flexibility index (Phi) is 6.61. The first-order chi connectivity index (χ1) is 11.1. The summed E-state index contributed by atoms with van der Waals surface area (Å²) in [5.41, 5.74) is 0. The minimum atomic E-state index is -3.27. The third kappa shape index (κ3) is 5.69. The zero-order valence-corrected chi connectivity index (χ0v) is 14.7. The smallest absolute Gasteiger partial charge is 0.191 e. The van der Waals surface area contributed by atoms with E-state index >= 15 is 0 Å². The first-order valence-corrected chi connectivity index (χ1v) is 9.97. The quantitative estimate of drug-likeness (QED) is 0.593. The lowest BCUT2D eigenvalue weighted by Gasteiger charge is -2.11. The van der Waals surface area contributed by atoms with Gasteiger partial charge in [0.05, 0.1) is 17.2 Å². The standard InChI is InChI=1S/C16H21N3O2S2/c1-2-17-16(19-13-14-7-6-11-22-14)18-10-12-23(20,21)15-8-4-3-5-9-15/h3-9,11H,2,10,12-13H2,1H3,(H2,17,18,19). The predicted molar refractivity (Wildman–Crippen MR) is 95.6 cm³/mol. The summed E-state index contributed by atoms with van der Waals surface area (Å²) >= 11 is 1.65. The molecule has 23 heavy (non-hydrogen) atoms. The van der Waals surface area contributed by atoms with Gasteiger partial charge in [0.15, 0.2) is 15.8 Å². The van der Waals surface area contributed by atoms with Crippen molar-refractivity contribution < 1.29 is 8.42 Å². The van der Waals surface area contributed by atoms with Gasteiger partial charge in [0.1, 0.15) is 0 Å². The Balaban J connectivity index is 1.90. The maximum Gasteiger partial charge on any atom is 0.191 e. The van der Waals surface area contributed by atoms with E-state index < -0.39 is 9.84 Å². The summed E-state index contributed by atoms with van der Waals surface area (Å²) in [6, 6.07) is 12.5. The van der Waals surface area contributed by atoms with Crippen molar-refractivity contribution in [2.75, 3.05) is 18.8 Å². The molecule has 0 saturated heterocycles. The normalized spacial score (nSPS) is 12.1. The summed E-state index contributed by atoms with van der Waals surface area (Å²) in [6.45, 7) is 3.59. The third-order valence-corrected chi connectivity index (χ3v) is 5.68. The van der Waals surface area contributed by atoms with Crippen molar-refractivity contribution in [2.24, 2.45) is 4.99 Å². The molecule has 0 spiro atoms. The summed E-state index contributed by atoms with van der Waals surface area (Å²) in [7, 11) is -3.27. The Hall–Kier alpha value is -1.86. The summed E-state index contributed by atoms with van der Waals surface area (Å²) in [5, 5.41) is 8.20. The van der Waals surface area contributed by atoms with E-state index in [-0.39, 0.29) is 5.75 Å². The van der Waals surface area contributed by atoms with Crippen LogP contribution in [0.4, 0.5) is 0 Å². The van der Waals surface area contributed by atoms with E-state index in [0.29, 0.717) is 23.9 Å². The molecule has 0 atom stereocenters. The van der Waals surface area contributed by atoms with Crippen LogP contribution >= 0.6 is 11.3 Å². The number of hydrogen-bond acceptors (Lipinski definition) is 4. The second kappa shape index (κ2) is 8.69. The zero-order chi connectivity index (χ0) is 16.5. The zero-order valence-electron chi connectivity index (χ0n) is 13.0. The maximum absolute atomic E-state index is 12.2. The number of nitrogens with one attached hydrogen (secondary N) is 2. The highest BCUT2D eigenvalue weighted by Crippen LogP contribution is 2.10. The van der Waals surface area contributed by atoms with Crippen molar-refractivity contribution in [3.05, 3.63) is 52.7 Å². The van der Waals surface area contributed by atoms with Crippen LogP contribution in [0.5, 0.6) is 0 Å². The van der Waals surface area contributed by atoms with E-state index in [0.717, 1.165) is 6.54 Å². The van der Waals surface area contributed by atoms with Gasteiger partial charge in [0.25, 0.3) is 0 Å². The van der Waals surface area contributed by atoms with Gasteiger partial charge >= 0.3 is 0 Å². The highest BCUT2D eigenvalue weighted by Gasteiger charge is 2.13. The summed E-state index contributed by atoms with van der Waals surface area (Å²) in [4.78, 5) is 5.97. The second-order valence-electron chi connectivity index (χ2n) is 4.83. The van der Waals surface area contributed by atoms with Crippen molar-refractivity contribution in [2.45, 2.75) is 18.4 Å². The number of sulfone groups is 1. The van der Waals surface area contributed by atoms with Crippen LogP contribution in [0.3, 0.4) is 0 Å². The molecular weight excluding hydrogens is 330 g/mol. The van der Waals surface area contributed by atoms with Crippen molar-refractivity contribution in [3.63, 3.8) is 0 Å². The molecule has 0 aliphatic carbocycles. The van der Waals surface area contributed by atoms with E-state index in [1.807, 2.05) is 24.4 Å². The number of thiophene rings is 1. The molecule has 124 valence electrons. The Labute approximate surface area is 141 Å².